The third-order valence-corrected chi connectivity index (χ3v) is 9.90. The lowest BCUT2D eigenvalue weighted by Crippen LogP contribution is -2.45. The lowest BCUT2D eigenvalue weighted by molar-refractivity contribution is -0.00517. The summed E-state index contributed by atoms with van der Waals surface area (Å²) in [4.78, 5) is 6.13. The van der Waals surface area contributed by atoms with E-state index >= 15 is 0 Å². The van der Waals surface area contributed by atoms with Crippen molar-refractivity contribution in [2.75, 3.05) is 23.7 Å². The molecule has 1 aromatic carbocycles. The quantitative estimate of drug-likeness (QED) is 0.657. The lowest BCUT2D eigenvalue weighted by atomic mass is 10.2. The van der Waals surface area contributed by atoms with Gasteiger partial charge in [0, 0.05) is 13.1 Å². The second-order valence-electron chi connectivity index (χ2n) is 7.39. The number of nitrogens with zero attached hydrogens (tertiary/aromatic N) is 2. The molecule has 0 radical (unpaired) electrons. The van der Waals surface area contributed by atoms with Crippen LogP contribution < -0.4 is 4.90 Å². The maximum Gasteiger partial charge on any atom is 0.226 e. The van der Waals surface area contributed by atoms with Crippen molar-refractivity contribution in [3.8, 4) is 0 Å². The molecular weight excluding hydrogens is 432 g/mol. The number of anilines is 1. The number of benzene rings is 1. The maximum absolute atomic E-state index is 13.4. The van der Waals surface area contributed by atoms with Gasteiger partial charge in [0.25, 0.3) is 0 Å². The van der Waals surface area contributed by atoms with E-state index in [1.165, 1.54) is 12.1 Å². The van der Waals surface area contributed by atoms with Gasteiger partial charge in [0.15, 0.2) is 5.03 Å². The smallest absolute Gasteiger partial charge is 0.226 e. The molecule has 0 amide bonds. The van der Waals surface area contributed by atoms with Gasteiger partial charge in [-0.25, -0.2) is 21.8 Å². The second-order valence-corrected chi connectivity index (χ2v) is 12.5. The largest absolute Gasteiger partial charge is 0.372 e. The molecule has 29 heavy (non-hydrogen) atoms. The van der Waals surface area contributed by atoms with Crippen molar-refractivity contribution in [1.82, 2.24) is 4.98 Å². The monoisotopic (exact) mass is 458 g/mol. The fraction of sp³-hybridized carbons (Fsp3) is 0.526. The summed E-state index contributed by atoms with van der Waals surface area (Å²) in [5.41, 5.74) is 0.935. The molecule has 0 bridgehead atoms. The first-order valence-corrected chi connectivity index (χ1v) is 13.5. The predicted octanol–water partition coefficient (Wildman–Crippen LogP) is 3.08. The highest BCUT2D eigenvalue weighted by molar-refractivity contribution is 7.94. The minimum Gasteiger partial charge on any atom is -0.372 e. The standard InChI is InChI=1S/C19H26N2O5S3/c1-5-10-28(22,23)19-20-17(29(24,25)16-8-6-13(2)7-9-16)18(27-19)21-11-14(3)26-15(4)12-21/h6-9,14-15H,5,10-12H2,1-4H3/t14-,15-/m1/s1. The Kier molecular flexibility index (Phi) is 6.38. The normalized spacial score (nSPS) is 20.8. The van der Waals surface area contributed by atoms with E-state index in [1.54, 1.807) is 19.1 Å². The first kappa shape index (κ1) is 22.2. The number of thiazole rings is 1. The first-order valence-electron chi connectivity index (χ1n) is 9.50. The van der Waals surface area contributed by atoms with Crippen LogP contribution >= 0.6 is 11.3 Å². The molecule has 2 atom stereocenters. The average Bonchev–Trinajstić information content (AvgIpc) is 3.08. The molecule has 2 aromatic rings. The highest BCUT2D eigenvalue weighted by Crippen LogP contribution is 2.38. The van der Waals surface area contributed by atoms with E-state index < -0.39 is 19.7 Å². The number of hydrogen-bond donors (Lipinski definition) is 0. The Balaban J connectivity index is 2.16. The van der Waals surface area contributed by atoms with Gasteiger partial charge in [-0.1, -0.05) is 36.0 Å². The number of morpholine rings is 1. The highest BCUT2D eigenvalue weighted by Gasteiger charge is 2.35. The third kappa shape index (κ3) is 4.65. The molecule has 1 aliphatic heterocycles. The Hall–Kier alpha value is -1.49. The van der Waals surface area contributed by atoms with Crippen LogP contribution in [0, 0.1) is 6.92 Å². The highest BCUT2D eigenvalue weighted by atomic mass is 32.2. The molecule has 0 aliphatic carbocycles. The van der Waals surface area contributed by atoms with Crippen LogP contribution in [-0.2, 0) is 24.4 Å². The van der Waals surface area contributed by atoms with Gasteiger partial charge >= 0.3 is 0 Å². The summed E-state index contributed by atoms with van der Waals surface area (Å²) >= 11 is 0.934. The summed E-state index contributed by atoms with van der Waals surface area (Å²) in [6, 6.07) is 6.48. The predicted molar refractivity (Wildman–Crippen MR) is 113 cm³/mol. The van der Waals surface area contributed by atoms with Gasteiger partial charge in [-0.15, -0.1) is 0 Å². The van der Waals surface area contributed by atoms with Gasteiger partial charge in [-0.2, -0.15) is 0 Å². The molecule has 7 nitrogen and oxygen atoms in total. The molecule has 0 unspecified atom stereocenters. The van der Waals surface area contributed by atoms with Gasteiger partial charge in [0.1, 0.15) is 5.00 Å². The Morgan fingerprint density at radius 3 is 2.24 bits per heavy atom. The molecule has 1 aromatic heterocycles. The van der Waals surface area contributed by atoms with Crippen molar-refractivity contribution in [2.45, 2.75) is 60.6 Å². The van der Waals surface area contributed by atoms with E-state index in [0.717, 1.165) is 16.9 Å². The summed E-state index contributed by atoms with van der Waals surface area (Å²) in [6.07, 6.45) is 0.223. The second kappa shape index (κ2) is 8.33. The van der Waals surface area contributed by atoms with E-state index in [9.17, 15) is 16.8 Å². The Bertz CT molecular complexity index is 1070. The molecule has 1 fully saturated rings. The van der Waals surface area contributed by atoms with Gasteiger partial charge in [-0.05, 0) is 39.3 Å². The molecular formula is C19H26N2O5S3. The van der Waals surface area contributed by atoms with Crippen LogP contribution in [0.15, 0.2) is 38.5 Å². The number of hydrogen-bond acceptors (Lipinski definition) is 8. The van der Waals surface area contributed by atoms with Crippen LogP contribution in [0.3, 0.4) is 0 Å². The topological polar surface area (TPSA) is 93.6 Å². The molecule has 0 N–H and O–H groups in total. The zero-order chi connectivity index (χ0) is 21.4. The van der Waals surface area contributed by atoms with Crippen molar-refractivity contribution in [1.29, 1.82) is 0 Å². The fourth-order valence-corrected chi connectivity index (χ4v) is 7.82. The lowest BCUT2D eigenvalue weighted by Gasteiger charge is -2.36. The van der Waals surface area contributed by atoms with E-state index in [1.807, 2.05) is 25.7 Å². The van der Waals surface area contributed by atoms with Crippen molar-refractivity contribution in [3.63, 3.8) is 0 Å². The number of ether oxygens (including phenoxy) is 1. The van der Waals surface area contributed by atoms with Gasteiger partial charge in [-0.3, -0.25) is 0 Å². The summed E-state index contributed by atoms with van der Waals surface area (Å²) in [6.45, 7) is 8.39. The van der Waals surface area contributed by atoms with E-state index in [0.29, 0.717) is 24.5 Å². The van der Waals surface area contributed by atoms with Crippen LogP contribution in [0.2, 0.25) is 0 Å². The Morgan fingerprint density at radius 1 is 1.10 bits per heavy atom. The zero-order valence-corrected chi connectivity index (χ0v) is 19.4. The fourth-order valence-electron chi connectivity index (χ4n) is 3.32. The summed E-state index contributed by atoms with van der Waals surface area (Å²) in [5.74, 6) is -0.0696. The average molecular weight is 459 g/mol. The van der Waals surface area contributed by atoms with E-state index in [-0.39, 0.29) is 32.2 Å². The van der Waals surface area contributed by atoms with Crippen LogP contribution in [0.1, 0.15) is 32.8 Å². The first-order chi connectivity index (χ1) is 13.5. The van der Waals surface area contributed by atoms with Crippen molar-refractivity contribution < 1.29 is 21.6 Å². The molecule has 3 rings (SSSR count). The van der Waals surface area contributed by atoms with Gasteiger partial charge in [0.2, 0.25) is 24.0 Å². The van der Waals surface area contributed by atoms with Crippen LogP contribution in [-0.4, -0.2) is 52.9 Å². The van der Waals surface area contributed by atoms with E-state index in [2.05, 4.69) is 4.98 Å². The van der Waals surface area contributed by atoms with Crippen molar-refractivity contribution >= 4 is 36.0 Å². The molecule has 0 saturated carbocycles. The molecule has 1 aliphatic rings. The summed E-state index contributed by atoms with van der Waals surface area (Å²) in [7, 11) is -7.61. The maximum atomic E-state index is 13.4. The summed E-state index contributed by atoms with van der Waals surface area (Å²) in [5, 5.41) is 0.171. The van der Waals surface area contributed by atoms with Crippen LogP contribution in [0.4, 0.5) is 5.00 Å². The zero-order valence-electron chi connectivity index (χ0n) is 17.0. The van der Waals surface area contributed by atoms with Gasteiger partial charge in [0.05, 0.1) is 22.9 Å². The molecule has 2 heterocycles. The van der Waals surface area contributed by atoms with E-state index in [4.69, 9.17) is 4.74 Å². The summed E-state index contributed by atoms with van der Waals surface area (Å²) < 4.78 is 57.6. The Morgan fingerprint density at radius 2 is 1.69 bits per heavy atom. The van der Waals surface area contributed by atoms with Crippen LogP contribution in [0.5, 0.6) is 0 Å². The molecule has 10 heteroatoms. The molecule has 160 valence electrons. The number of aryl methyl sites for hydroxylation is 1. The Labute approximate surface area is 176 Å². The SMILES string of the molecule is CCCS(=O)(=O)c1nc(S(=O)(=O)c2ccc(C)cc2)c(N2C[C@@H](C)O[C@H](C)C2)s1. The van der Waals surface area contributed by atoms with Gasteiger partial charge < -0.3 is 9.64 Å². The number of sulfone groups is 2. The van der Waals surface area contributed by atoms with Crippen molar-refractivity contribution in [3.05, 3.63) is 29.8 Å². The molecule has 1 saturated heterocycles. The van der Waals surface area contributed by atoms with Crippen molar-refractivity contribution in [2.24, 2.45) is 0 Å². The minimum absolute atomic E-state index is 0.0696. The minimum atomic E-state index is -3.97. The number of aromatic nitrogens is 1. The van der Waals surface area contributed by atoms with Crippen LogP contribution in [0.25, 0.3) is 0 Å². The number of rotatable bonds is 6. The third-order valence-electron chi connectivity index (χ3n) is 4.59. The molecule has 0 spiro atoms.